The molecule has 7 heteroatoms. The van der Waals surface area contributed by atoms with E-state index in [0.29, 0.717) is 23.0 Å². The summed E-state index contributed by atoms with van der Waals surface area (Å²) in [6.45, 7) is 2.69. The fraction of sp³-hybridized carbons (Fsp3) is 0.389. The minimum atomic E-state index is -0.442. The van der Waals surface area contributed by atoms with Crippen molar-refractivity contribution in [1.82, 2.24) is 14.9 Å². The van der Waals surface area contributed by atoms with Crippen molar-refractivity contribution in [3.63, 3.8) is 0 Å². The zero-order valence-electron chi connectivity index (χ0n) is 14.1. The predicted molar refractivity (Wildman–Crippen MR) is 97.6 cm³/mol. The third-order valence-corrected chi connectivity index (χ3v) is 4.98. The van der Waals surface area contributed by atoms with Gasteiger partial charge in [-0.15, -0.1) is 0 Å². The number of hydrogen-bond acceptors (Lipinski definition) is 6. The first kappa shape index (κ1) is 17.5. The Morgan fingerprint density at radius 2 is 2.12 bits per heavy atom. The van der Waals surface area contributed by atoms with Gasteiger partial charge >= 0.3 is 0 Å². The van der Waals surface area contributed by atoms with Crippen LogP contribution in [0.2, 0.25) is 0 Å². The number of nitriles is 1. The molecule has 1 aliphatic rings. The van der Waals surface area contributed by atoms with Gasteiger partial charge in [-0.1, -0.05) is 18.2 Å². The fourth-order valence-electron chi connectivity index (χ4n) is 3.08. The molecule has 3 rings (SSSR count). The summed E-state index contributed by atoms with van der Waals surface area (Å²) in [5, 5.41) is 20.0. The van der Waals surface area contributed by atoms with Crippen LogP contribution >= 0.6 is 11.8 Å². The SMILES string of the molecule is CSc1nc(-c2ccc(O)c(CN3CCCCC3)c2)c(C#N)c(=O)[nH]1. The van der Waals surface area contributed by atoms with Crippen LogP contribution in [0.15, 0.2) is 28.2 Å². The Bertz CT molecular complexity index is 866. The summed E-state index contributed by atoms with van der Waals surface area (Å²) >= 11 is 1.31. The molecule has 2 heterocycles. The molecule has 25 heavy (non-hydrogen) atoms. The van der Waals surface area contributed by atoms with Crippen LogP contribution in [0.5, 0.6) is 5.75 Å². The molecule has 0 radical (unpaired) electrons. The molecule has 0 bridgehead atoms. The minimum Gasteiger partial charge on any atom is -0.508 e. The van der Waals surface area contributed by atoms with Crippen molar-refractivity contribution in [3.05, 3.63) is 39.7 Å². The second kappa shape index (κ2) is 7.72. The molecule has 1 aromatic heterocycles. The van der Waals surface area contributed by atoms with Gasteiger partial charge in [0.2, 0.25) is 0 Å². The molecule has 0 atom stereocenters. The lowest BCUT2D eigenvalue weighted by molar-refractivity contribution is 0.218. The maximum atomic E-state index is 12.1. The summed E-state index contributed by atoms with van der Waals surface area (Å²) in [5.41, 5.74) is 1.37. The van der Waals surface area contributed by atoms with Gasteiger partial charge in [0.25, 0.3) is 5.56 Å². The lowest BCUT2D eigenvalue weighted by Gasteiger charge is -2.26. The molecular formula is C18H20N4O2S. The second-order valence-electron chi connectivity index (χ2n) is 6.09. The molecule has 0 unspecified atom stereocenters. The summed E-state index contributed by atoms with van der Waals surface area (Å²) in [6.07, 6.45) is 5.41. The highest BCUT2D eigenvalue weighted by atomic mass is 32.2. The van der Waals surface area contributed by atoms with Gasteiger partial charge in [0, 0.05) is 17.7 Å². The molecule has 6 nitrogen and oxygen atoms in total. The highest BCUT2D eigenvalue weighted by Gasteiger charge is 2.17. The smallest absolute Gasteiger partial charge is 0.270 e. The second-order valence-corrected chi connectivity index (χ2v) is 6.89. The molecule has 1 aliphatic heterocycles. The van der Waals surface area contributed by atoms with Crippen LogP contribution in [0, 0.1) is 11.3 Å². The van der Waals surface area contributed by atoms with Crippen LogP contribution in [-0.2, 0) is 6.54 Å². The van der Waals surface area contributed by atoms with Gasteiger partial charge in [-0.3, -0.25) is 9.69 Å². The van der Waals surface area contributed by atoms with Crippen molar-refractivity contribution in [1.29, 1.82) is 5.26 Å². The Morgan fingerprint density at radius 1 is 1.36 bits per heavy atom. The highest BCUT2D eigenvalue weighted by molar-refractivity contribution is 7.98. The van der Waals surface area contributed by atoms with E-state index in [1.165, 1.54) is 31.0 Å². The topological polar surface area (TPSA) is 93.0 Å². The van der Waals surface area contributed by atoms with Crippen molar-refractivity contribution >= 4 is 11.8 Å². The molecule has 1 fully saturated rings. The van der Waals surface area contributed by atoms with Gasteiger partial charge in [-0.05, 0) is 50.4 Å². The number of aromatic hydroxyl groups is 1. The van der Waals surface area contributed by atoms with E-state index >= 15 is 0 Å². The fourth-order valence-corrected chi connectivity index (χ4v) is 3.46. The lowest BCUT2D eigenvalue weighted by atomic mass is 10.0. The first-order chi connectivity index (χ1) is 12.1. The van der Waals surface area contributed by atoms with Crippen molar-refractivity contribution in [2.45, 2.75) is 31.0 Å². The average Bonchev–Trinajstić information content (AvgIpc) is 2.63. The molecule has 1 aromatic carbocycles. The number of thioether (sulfide) groups is 1. The third-order valence-electron chi connectivity index (χ3n) is 4.40. The van der Waals surface area contributed by atoms with E-state index in [1.807, 2.05) is 18.4 Å². The van der Waals surface area contributed by atoms with Gasteiger partial charge in [0.05, 0.1) is 5.69 Å². The summed E-state index contributed by atoms with van der Waals surface area (Å²) in [6, 6.07) is 7.08. The maximum Gasteiger partial charge on any atom is 0.270 e. The Labute approximate surface area is 150 Å². The van der Waals surface area contributed by atoms with E-state index in [0.717, 1.165) is 18.7 Å². The number of nitrogens with zero attached hydrogens (tertiary/aromatic N) is 3. The Morgan fingerprint density at radius 3 is 2.80 bits per heavy atom. The average molecular weight is 356 g/mol. The van der Waals surface area contributed by atoms with Gasteiger partial charge in [-0.25, -0.2) is 4.98 Å². The van der Waals surface area contributed by atoms with Crippen LogP contribution in [0.25, 0.3) is 11.3 Å². The maximum absolute atomic E-state index is 12.1. The molecule has 0 saturated carbocycles. The number of likely N-dealkylation sites (tertiary alicyclic amines) is 1. The zero-order chi connectivity index (χ0) is 17.8. The summed E-state index contributed by atoms with van der Waals surface area (Å²) in [7, 11) is 0. The number of hydrogen-bond donors (Lipinski definition) is 2. The number of piperidine rings is 1. The Balaban J connectivity index is 2.01. The predicted octanol–water partition coefficient (Wildman–Crippen LogP) is 2.72. The molecule has 0 spiro atoms. The molecule has 0 amide bonds. The Hall–Kier alpha value is -2.30. The molecule has 2 N–H and O–H groups in total. The molecule has 2 aromatic rings. The van der Waals surface area contributed by atoms with Crippen LogP contribution < -0.4 is 5.56 Å². The number of rotatable bonds is 4. The number of phenolic OH excluding ortho intramolecular Hbond substituents is 1. The van der Waals surface area contributed by atoms with E-state index < -0.39 is 5.56 Å². The monoisotopic (exact) mass is 356 g/mol. The van der Waals surface area contributed by atoms with Crippen molar-refractivity contribution < 1.29 is 5.11 Å². The van der Waals surface area contributed by atoms with E-state index in [-0.39, 0.29) is 11.3 Å². The molecule has 130 valence electrons. The van der Waals surface area contributed by atoms with Crippen LogP contribution in [0.3, 0.4) is 0 Å². The number of phenols is 1. The van der Waals surface area contributed by atoms with Crippen LogP contribution in [0.1, 0.15) is 30.4 Å². The molecule has 0 aliphatic carbocycles. The van der Waals surface area contributed by atoms with E-state index in [2.05, 4.69) is 14.9 Å². The van der Waals surface area contributed by atoms with Crippen molar-refractivity contribution in [3.8, 4) is 23.1 Å². The minimum absolute atomic E-state index is 0.00703. The first-order valence-corrected chi connectivity index (χ1v) is 9.48. The Kier molecular flexibility index (Phi) is 5.41. The summed E-state index contributed by atoms with van der Waals surface area (Å²) < 4.78 is 0. The molecule has 1 saturated heterocycles. The van der Waals surface area contributed by atoms with E-state index in [9.17, 15) is 15.2 Å². The zero-order valence-corrected chi connectivity index (χ0v) is 14.9. The first-order valence-electron chi connectivity index (χ1n) is 8.25. The lowest BCUT2D eigenvalue weighted by Crippen LogP contribution is -2.29. The number of aromatic amines is 1. The number of nitrogens with one attached hydrogen (secondary N) is 1. The largest absolute Gasteiger partial charge is 0.508 e. The van der Waals surface area contributed by atoms with E-state index in [4.69, 9.17) is 0 Å². The standard InChI is InChI=1S/C18H20N4O2S/c1-25-18-20-16(14(10-19)17(24)21-18)12-5-6-15(23)13(9-12)11-22-7-3-2-4-8-22/h5-6,9,23H,2-4,7-8,11H2,1H3,(H,20,21,24). The number of aromatic nitrogens is 2. The summed E-state index contributed by atoms with van der Waals surface area (Å²) in [5.74, 6) is 0.225. The van der Waals surface area contributed by atoms with Gasteiger partial charge < -0.3 is 10.1 Å². The van der Waals surface area contributed by atoms with Gasteiger partial charge in [0.15, 0.2) is 5.16 Å². The van der Waals surface area contributed by atoms with Crippen molar-refractivity contribution in [2.24, 2.45) is 0 Å². The number of H-pyrrole nitrogens is 1. The van der Waals surface area contributed by atoms with Gasteiger partial charge in [-0.2, -0.15) is 5.26 Å². The molecular weight excluding hydrogens is 336 g/mol. The van der Waals surface area contributed by atoms with Gasteiger partial charge in [0.1, 0.15) is 17.4 Å². The highest BCUT2D eigenvalue weighted by Crippen LogP contribution is 2.28. The number of benzene rings is 1. The van der Waals surface area contributed by atoms with Crippen molar-refractivity contribution in [2.75, 3.05) is 19.3 Å². The van der Waals surface area contributed by atoms with E-state index in [1.54, 1.807) is 12.1 Å². The van der Waals surface area contributed by atoms with Crippen LogP contribution in [0.4, 0.5) is 0 Å². The quantitative estimate of drug-likeness (QED) is 0.646. The third kappa shape index (κ3) is 3.86. The summed E-state index contributed by atoms with van der Waals surface area (Å²) in [4.78, 5) is 21.4. The normalized spacial score (nSPS) is 15.0. The van der Waals surface area contributed by atoms with Crippen LogP contribution in [-0.4, -0.2) is 39.3 Å².